The molecule has 0 radical (unpaired) electrons. The maximum Gasteiger partial charge on any atom is 0.273 e. The molecular weight excluding hydrogens is 235 g/mol. The Morgan fingerprint density at radius 1 is 1.39 bits per heavy atom. The zero-order valence-electron chi connectivity index (χ0n) is 10.1. The maximum atomic E-state index is 13.2. The standard InChI is InChI=1S/C12H13FN4O/c1-16(2)12(18)10-5-6-17(15-10)11-7-8(13)3-4-9(11)14/h3-7H,14H2,1-2H3. The molecule has 2 aromatic rings. The summed E-state index contributed by atoms with van der Waals surface area (Å²) < 4.78 is 14.5. The van der Waals surface area contributed by atoms with Gasteiger partial charge in [-0.1, -0.05) is 0 Å². The van der Waals surface area contributed by atoms with Crippen LogP contribution in [-0.4, -0.2) is 34.7 Å². The smallest absolute Gasteiger partial charge is 0.273 e. The van der Waals surface area contributed by atoms with E-state index in [2.05, 4.69) is 5.10 Å². The van der Waals surface area contributed by atoms with E-state index in [1.54, 1.807) is 26.4 Å². The van der Waals surface area contributed by atoms with Crippen molar-refractivity contribution >= 4 is 11.6 Å². The van der Waals surface area contributed by atoms with E-state index in [0.717, 1.165) is 0 Å². The van der Waals surface area contributed by atoms with E-state index in [0.29, 0.717) is 11.4 Å². The highest BCUT2D eigenvalue weighted by Crippen LogP contribution is 2.18. The van der Waals surface area contributed by atoms with Gasteiger partial charge in [-0.25, -0.2) is 9.07 Å². The molecule has 0 atom stereocenters. The number of nitrogens with zero attached hydrogens (tertiary/aromatic N) is 3. The van der Waals surface area contributed by atoms with Gasteiger partial charge in [0.2, 0.25) is 0 Å². The SMILES string of the molecule is CN(C)C(=O)c1ccn(-c2cc(F)ccc2N)n1. The molecule has 0 unspecified atom stereocenters. The fraction of sp³-hybridized carbons (Fsp3) is 0.167. The predicted molar refractivity (Wildman–Crippen MR) is 66.0 cm³/mol. The van der Waals surface area contributed by atoms with Crippen LogP contribution in [0.15, 0.2) is 30.5 Å². The van der Waals surface area contributed by atoms with Crippen molar-refractivity contribution in [2.24, 2.45) is 0 Å². The first kappa shape index (κ1) is 12.1. The van der Waals surface area contributed by atoms with Gasteiger partial charge in [-0.15, -0.1) is 0 Å². The van der Waals surface area contributed by atoms with Gasteiger partial charge >= 0.3 is 0 Å². The molecule has 0 aliphatic carbocycles. The van der Waals surface area contributed by atoms with E-state index in [1.807, 2.05) is 0 Å². The highest BCUT2D eigenvalue weighted by Gasteiger charge is 2.13. The lowest BCUT2D eigenvalue weighted by Gasteiger charge is -2.08. The summed E-state index contributed by atoms with van der Waals surface area (Å²) >= 11 is 0. The Morgan fingerprint density at radius 2 is 2.11 bits per heavy atom. The minimum absolute atomic E-state index is 0.219. The molecule has 0 saturated carbocycles. The summed E-state index contributed by atoms with van der Waals surface area (Å²) in [5, 5.41) is 4.08. The molecule has 2 N–H and O–H groups in total. The minimum Gasteiger partial charge on any atom is -0.397 e. The first-order chi connectivity index (χ1) is 8.49. The van der Waals surface area contributed by atoms with Crippen LogP contribution in [0.4, 0.5) is 10.1 Å². The predicted octanol–water partition coefficient (Wildman–Crippen LogP) is 1.30. The van der Waals surface area contributed by atoms with Crippen molar-refractivity contribution in [3.8, 4) is 5.69 Å². The Kier molecular flexibility index (Phi) is 3.01. The van der Waals surface area contributed by atoms with Crippen molar-refractivity contribution in [2.75, 3.05) is 19.8 Å². The number of carbonyl (C=O) groups is 1. The third-order valence-corrected chi connectivity index (χ3v) is 2.45. The third kappa shape index (κ3) is 2.17. The van der Waals surface area contributed by atoms with Gasteiger partial charge in [-0.05, 0) is 18.2 Å². The quantitative estimate of drug-likeness (QED) is 0.815. The topological polar surface area (TPSA) is 64.2 Å². The first-order valence-corrected chi connectivity index (χ1v) is 5.32. The van der Waals surface area contributed by atoms with Crippen molar-refractivity contribution in [3.63, 3.8) is 0 Å². The Bertz CT molecular complexity index is 592. The molecule has 6 heteroatoms. The second-order valence-electron chi connectivity index (χ2n) is 4.05. The molecule has 0 bridgehead atoms. The van der Waals surface area contributed by atoms with Crippen LogP contribution >= 0.6 is 0 Å². The van der Waals surface area contributed by atoms with Gasteiger partial charge in [0.25, 0.3) is 5.91 Å². The van der Waals surface area contributed by atoms with Crippen LogP contribution in [0.1, 0.15) is 10.5 Å². The van der Waals surface area contributed by atoms with E-state index in [-0.39, 0.29) is 11.6 Å². The highest BCUT2D eigenvalue weighted by molar-refractivity contribution is 5.91. The largest absolute Gasteiger partial charge is 0.397 e. The molecule has 0 aliphatic heterocycles. The Hall–Kier alpha value is -2.37. The second kappa shape index (κ2) is 4.48. The average Bonchev–Trinajstić information content (AvgIpc) is 2.80. The molecule has 18 heavy (non-hydrogen) atoms. The molecule has 1 aromatic heterocycles. The summed E-state index contributed by atoms with van der Waals surface area (Å²) in [6.07, 6.45) is 1.57. The van der Waals surface area contributed by atoms with Crippen molar-refractivity contribution in [1.29, 1.82) is 0 Å². The number of aromatic nitrogens is 2. The van der Waals surface area contributed by atoms with Crippen LogP contribution in [0.3, 0.4) is 0 Å². The van der Waals surface area contributed by atoms with Crippen molar-refractivity contribution < 1.29 is 9.18 Å². The van der Waals surface area contributed by atoms with Gasteiger partial charge < -0.3 is 10.6 Å². The van der Waals surface area contributed by atoms with E-state index < -0.39 is 5.82 Å². The van der Waals surface area contributed by atoms with Crippen molar-refractivity contribution in [3.05, 3.63) is 42.0 Å². The van der Waals surface area contributed by atoms with Crippen LogP contribution in [-0.2, 0) is 0 Å². The number of hydrogen-bond acceptors (Lipinski definition) is 3. The molecule has 1 aromatic carbocycles. The van der Waals surface area contributed by atoms with Crippen molar-refractivity contribution in [1.82, 2.24) is 14.7 Å². The normalized spacial score (nSPS) is 10.4. The number of anilines is 1. The molecule has 0 spiro atoms. The maximum absolute atomic E-state index is 13.2. The molecule has 2 rings (SSSR count). The van der Waals surface area contributed by atoms with Crippen molar-refractivity contribution in [2.45, 2.75) is 0 Å². The highest BCUT2D eigenvalue weighted by atomic mass is 19.1. The van der Waals surface area contributed by atoms with Gasteiger partial charge in [-0.2, -0.15) is 5.10 Å². The summed E-state index contributed by atoms with van der Waals surface area (Å²) in [7, 11) is 3.27. The summed E-state index contributed by atoms with van der Waals surface area (Å²) in [6.45, 7) is 0. The number of carbonyl (C=O) groups excluding carboxylic acids is 1. The summed E-state index contributed by atoms with van der Waals surface area (Å²) in [5.41, 5.74) is 6.83. The lowest BCUT2D eigenvalue weighted by atomic mass is 10.2. The molecule has 94 valence electrons. The van der Waals surface area contributed by atoms with E-state index >= 15 is 0 Å². The Balaban J connectivity index is 2.41. The van der Waals surface area contributed by atoms with Gasteiger partial charge in [0.15, 0.2) is 5.69 Å². The van der Waals surface area contributed by atoms with Crippen LogP contribution in [0, 0.1) is 5.82 Å². The van der Waals surface area contributed by atoms with Crippen LogP contribution < -0.4 is 5.73 Å². The van der Waals surface area contributed by atoms with E-state index in [9.17, 15) is 9.18 Å². The molecule has 5 nitrogen and oxygen atoms in total. The fourth-order valence-corrected chi connectivity index (χ4v) is 1.52. The molecule has 0 saturated heterocycles. The van der Waals surface area contributed by atoms with Gasteiger partial charge in [-0.3, -0.25) is 4.79 Å². The third-order valence-electron chi connectivity index (χ3n) is 2.45. The second-order valence-corrected chi connectivity index (χ2v) is 4.05. The lowest BCUT2D eigenvalue weighted by molar-refractivity contribution is 0.0821. The molecule has 0 aliphatic rings. The number of halogens is 1. The Morgan fingerprint density at radius 3 is 2.78 bits per heavy atom. The molecule has 0 fully saturated rings. The number of nitrogen functional groups attached to an aromatic ring is 1. The summed E-state index contributed by atoms with van der Waals surface area (Å²) in [4.78, 5) is 13.1. The molecular formula is C12H13FN4O. The van der Waals surface area contributed by atoms with E-state index in [4.69, 9.17) is 5.73 Å². The Labute approximate surface area is 104 Å². The minimum atomic E-state index is -0.407. The van der Waals surface area contributed by atoms with E-state index in [1.165, 1.54) is 27.8 Å². The van der Waals surface area contributed by atoms with Crippen LogP contribution in [0.2, 0.25) is 0 Å². The average molecular weight is 248 g/mol. The lowest BCUT2D eigenvalue weighted by Crippen LogP contribution is -2.22. The number of benzene rings is 1. The van der Waals surface area contributed by atoms with Gasteiger partial charge in [0, 0.05) is 26.4 Å². The fourth-order valence-electron chi connectivity index (χ4n) is 1.52. The number of rotatable bonds is 2. The number of amides is 1. The first-order valence-electron chi connectivity index (χ1n) is 5.32. The zero-order valence-corrected chi connectivity index (χ0v) is 10.1. The summed E-state index contributed by atoms with van der Waals surface area (Å²) in [6, 6.07) is 5.56. The summed E-state index contributed by atoms with van der Waals surface area (Å²) in [5.74, 6) is -0.626. The molecule has 1 heterocycles. The number of nitrogens with two attached hydrogens (primary N) is 1. The monoisotopic (exact) mass is 248 g/mol. The zero-order chi connectivity index (χ0) is 13.3. The van der Waals surface area contributed by atoms with Crippen LogP contribution in [0.5, 0.6) is 0 Å². The van der Waals surface area contributed by atoms with Gasteiger partial charge in [0.1, 0.15) is 5.82 Å². The van der Waals surface area contributed by atoms with Crippen LogP contribution in [0.25, 0.3) is 5.69 Å². The number of hydrogen-bond donors (Lipinski definition) is 1. The van der Waals surface area contributed by atoms with Gasteiger partial charge in [0.05, 0.1) is 11.4 Å². The molecule has 1 amide bonds.